The zero-order valence-electron chi connectivity index (χ0n) is 9.08. The minimum atomic E-state index is -0.252. The molecule has 0 aromatic rings. The van der Waals surface area contributed by atoms with Crippen molar-refractivity contribution in [3.05, 3.63) is 0 Å². The Morgan fingerprint density at radius 1 is 1.57 bits per heavy atom. The van der Waals surface area contributed by atoms with Crippen molar-refractivity contribution in [2.45, 2.75) is 45.3 Å². The van der Waals surface area contributed by atoms with E-state index < -0.39 is 0 Å². The first-order chi connectivity index (χ1) is 6.59. The highest BCUT2D eigenvalue weighted by molar-refractivity contribution is 5.79. The molecule has 0 amide bonds. The summed E-state index contributed by atoms with van der Waals surface area (Å²) in [6.07, 6.45) is 1.82. The van der Waals surface area contributed by atoms with Crippen LogP contribution in [-0.4, -0.2) is 24.3 Å². The number of rotatable bonds is 3. The van der Waals surface area contributed by atoms with Crippen LogP contribution in [0, 0.1) is 11.8 Å². The molecule has 0 aromatic heterocycles. The molecular weight excluding hydrogens is 180 g/mol. The number of epoxide rings is 1. The third-order valence-corrected chi connectivity index (χ3v) is 3.43. The van der Waals surface area contributed by atoms with Gasteiger partial charge in [-0.05, 0) is 31.6 Å². The van der Waals surface area contributed by atoms with Crippen molar-refractivity contribution in [3.8, 4) is 0 Å². The van der Waals surface area contributed by atoms with Gasteiger partial charge < -0.3 is 9.47 Å². The van der Waals surface area contributed by atoms with E-state index in [9.17, 15) is 4.79 Å². The van der Waals surface area contributed by atoms with Gasteiger partial charge in [0.25, 0.3) is 0 Å². The molecule has 1 spiro atoms. The smallest absolute Gasteiger partial charge is 0.338 e. The molecular formula is C11H18O3. The van der Waals surface area contributed by atoms with Crippen LogP contribution in [-0.2, 0) is 14.3 Å². The average Bonchev–Trinajstić information content (AvgIpc) is 2.75. The number of esters is 1. The van der Waals surface area contributed by atoms with Gasteiger partial charge in [0.1, 0.15) is 5.60 Å². The molecule has 3 heteroatoms. The Balaban J connectivity index is 1.80. The molecule has 14 heavy (non-hydrogen) atoms. The van der Waals surface area contributed by atoms with Crippen LogP contribution in [0.3, 0.4) is 0 Å². The highest BCUT2D eigenvalue weighted by Crippen LogP contribution is 2.57. The van der Waals surface area contributed by atoms with Crippen molar-refractivity contribution in [3.63, 3.8) is 0 Å². The summed E-state index contributed by atoms with van der Waals surface area (Å²) in [5.41, 5.74) is -0.110. The molecule has 1 saturated carbocycles. The van der Waals surface area contributed by atoms with E-state index in [1.54, 1.807) is 0 Å². The normalized spacial score (nSPS) is 39.7. The number of carbonyl (C=O) groups excluding carboxylic acids is 1. The van der Waals surface area contributed by atoms with Crippen molar-refractivity contribution >= 4 is 5.97 Å². The maximum Gasteiger partial charge on any atom is 0.338 e. The number of hydrogen-bond donors (Lipinski definition) is 0. The fourth-order valence-corrected chi connectivity index (χ4v) is 2.29. The van der Waals surface area contributed by atoms with Gasteiger partial charge in [0, 0.05) is 0 Å². The third kappa shape index (κ3) is 1.44. The van der Waals surface area contributed by atoms with Gasteiger partial charge in [-0.15, -0.1) is 0 Å². The van der Waals surface area contributed by atoms with Crippen LogP contribution < -0.4 is 0 Å². The minimum Gasteiger partial charge on any atom is -0.464 e. The van der Waals surface area contributed by atoms with Crippen molar-refractivity contribution in [1.82, 2.24) is 0 Å². The van der Waals surface area contributed by atoms with E-state index in [1.165, 1.54) is 0 Å². The summed E-state index contributed by atoms with van der Waals surface area (Å²) in [4.78, 5) is 11.3. The minimum absolute atomic E-state index is 0.110. The molecule has 1 unspecified atom stereocenters. The zero-order valence-corrected chi connectivity index (χ0v) is 9.08. The molecule has 0 aromatic carbocycles. The average molecular weight is 198 g/mol. The van der Waals surface area contributed by atoms with E-state index in [0.717, 1.165) is 18.8 Å². The molecule has 0 bridgehead atoms. The standard InChI is InChI=1S/C11H18O3/c1-4-13-10(12)9-11(14-9)5-8(6-11)7(2)3/h7-9H,4-6H2,1-3H3. The number of ether oxygens (including phenoxy) is 2. The lowest BCUT2D eigenvalue weighted by Crippen LogP contribution is -2.39. The van der Waals surface area contributed by atoms with E-state index in [1.807, 2.05) is 6.92 Å². The van der Waals surface area contributed by atoms with E-state index in [0.29, 0.717) is 12.5 Å². The Bertz CT molecular complexity index is 241. The monoisotopic (exact) mass is 198 g/mol. The molecule has 3 nitrogen and oxygen atoms in total. The van der Waals surface area contributed by atoms with Gasteiger partial charge in [-0.3, -0.25) is 0 Å². The lowest BCUT2D eigenvalue weighted by atomic mass is 9.67. The summed E-state index contributed by atoms with van der Waals surface area (Å²) < 4.78 is 10.4. The molecule has 1 aliphatic carbocycles. The SMILES string of the molecule is CCOC(=O)C1OC12CC(C(C)C)C2. The van der Waals surface area contributed by atoms with Crippen LogP contribution in [0.25, 0.3) is 0 Å². The van der Waals surface area contributed by atoms with Crippen molar-refractivity contribution < 1.29 is 14.3 Å². The largest absolute Gasteiger partial charge is 0.464 e. The van der Waals surface area contributed by atoms with E-state index in [4.69, 9.17) is 9.47 Å². The second-order valence-corrected chi connectivity index (χ2v) is 4.73. The first-order valence-electron chi connectivity index (χ1n) is 5.43. The molecule has 2 rings (SSSR count). The summed E-state index contributed by atoms with van der Waals surface area (Å²) in [5, 5.41) is 0. The van der Waals surface area contributed by atoms with Gasteiger partial charge in [-0.25, -0.2) is 4.79 Å². The Kier molecular flexibility index (Phi) is 2.30. The van der Waals surface area contributed by atoms with Gasteiger partial charge >= 0.3 is 5.97 Å². The van der Waals surface area contributed by atoms with Gasteiger partial charge in [0.15, 0.2) is 6.10 Å². The van der Waals surface area contributed by atoms with Crippen LogP contribution in [0.2, 0.25) is 0 Å². The molecule has 80 valence electrons. The van der Waals surface area contributed by atoms with Crippen molar-refractivity contribution in [2.75, 3.05) is 6.61 Å². The maximum absolute atomic E-state index is 11.3. The van der Waals surface area contributed by atoms with Crippen LogP contribution >= 0.6 is 0 Å². The van der Waals surface area contributed by atoms with Crippen molar-refractivity contribution in [2.24, 2.45) is 11.8 Å². The molecule has 1 saturated heterocycles. The zero-order chi connectivity index (χ0) is 10.3. The molecule has 0 N–H and O–H groups in total. The summed E-state index contributed by atoms with van der Waals surface area (Å²) in [6.45, 7) is 6.71. The molecule has 2 fully saturated rings. The highest BCUT2D eigenvalue weighted by atomic mass is 16.7. The van der Waals surface area contributed by atoms with E-state index >= 15 is 0 Å². The van der Waals surface area contributed by atoms with Gasteiger partial charge in [0.2, 0.25) is 0 Å². The number of hydrogen-bond acceptors (Lipinski definition) is 3. The van der Waals surface area contributed by atoms with Gasteiger partial charge in [-0.2, -0.15) is 0 Å². The first-order valence-corrected chi connectivity index (χ1v) is 5.43. The molecule has 2 aliphatic rings. The fourth-order valence-electron chi connectivity index (χ4n) is 2.29. The highest BCUT2D eigenvalue weighted by Gasteiger charge is 2.68. The quantitative estimate of drug-likeness (QED) is 0.512. The van der Waals surface area contributed by atoms with E-state index in [2.05, 4.69) is 13.8 Å². The summed E-state index contributed by atoms with van der Waals surface area (Å²) in [6, 6.07) is 0. The second-order valence-electron chi connectivity index (χ2n) is 4.73. The Morgan fingerprint density at radius 3 is 2.71 bits per heavy atom. The summed E-state index contributed by atoms with van der Waals surface area (Å²) >= 11 is 0. The van der Waals surface area contributed by atoms with Crippen LogP contribution in [0.1, 0.15) is 33.6 Å². The Morgan fingerprint density at radius 2 is 2.21 bits per heavy atom. The Hall–Kier alpha value is -0.570. The van der Waals surface area contributed by atoms with Gasteiger partial charge in [0.05, 0.1) is 6.61 Å². The lowest BCUT2D eigenvalue weighted by molar-refractivity contribution is -0.144. The lowest BCUT2D eigenvalue weighted by Gasteiger charge is -2.36. The first kappa shape index (κ1) is 9.97. The predicted molar refractivity (Wildman–Crippen MR) is 51.8 cm³/mol. The Labute approximate surface area is 84.8 Å². The molecule has 1 heterocycles. The second kappa shape index (κ2) is 3.23. The maximum atomic E-state index is 11.3. The van der Waals surface area contributed by atoms with Crippen LogP contribution in [0.15, 0.2) is 0 Å². The number of carbonyl (C=O) groups is 1. The molecule has 1 atom stereocenters. The summed E-state index contributed by atoms with van der Waals surface area (Å²) in [5.74, 6) is 1.26. The molecule has 0 radical (unpaired) electrons. The van der Waals surface area contributed by atoms with E-state index in [-0.39, 0.29) is 17.7 Å². The van der Waals surface area contributed by atoms with Crippen LogP contribution in [0.5, 0.6) is 0 Å². The van der Waals surface area contributed by atoms with Crippen LogP contribution in [0.4, 0.5) is 0 Å². The fraction of sp³-hybridized carbons (Fsp3) is 0.909. The van der Waals surface area contributed by atoms with Gasteiger partial charge in [-0.1, -0.05) is 13.8 Å². The molecule has 1 aliphatic heterocycles. The summed E-state index contributed by atoms with van der Waals surface area (Å²) in [7, 11) is 0. The third-order valence-electron chi connectivity index (χ3n) is 3.43. The van der Waals surface area contributed by atoms with Crippen molar-refractivity contribution in [1.29, 1.82) is 0 Å². The topological polar surface area (TPSA) is 38.8 Å². The predicted octanol–water partition coefficient (Wildman–Crippen LogP) is 1.75.